The Morgan fingerprint density at radius 2 is 1.48 bits per heavy atom. The molecule has 1 amide bonds. The number of hydrazone groups is 1. The van der Waals surface area contributed by atoms with Crippen molar-refractivity contribution in [1.82, 2.24) is 9.55 Å². The van der Waals surface area contributed by atoms with E-state index in [4.69, 9.17) is 23.2 Å². The highest BCUT2D eigenvalue weighted by molar-refractivity contribution is 6.33. The van der Waals surface area contributed by atoms with Gasteiger partial charge in [0, 0.05) is 10.0 Å². The van der Waals surface area contributed by atoms with Crippen LogP contribution in [0, 0.1) is 0 Å². The Hall–Kier alpha value is -3.62. The third-order valence-electron chi connectivity index (χ3n) is 4.63. The Morgan fingerprint density at radius 3 is 2.06 bits per heavy atom. The molecule has 156 valence electrons. The van der Waals surface area contributed by atoms with Crippen LogP contribution in [0.1, 0.15) is 12.5 Å². The number of aromatic nitrogens is 2. The van der Waals surface area contributed by atoms with E-state index in [1.807, 2.05) is 0 Å². The Morgan fingerprint density at radius 1 is 0.935 bits per heavy atom. The number of nitrogens with one attached hydrogen (secondary N) is 1. The molecule has 2 aromatic carbocycles. The minimum Gasteiger partial charge on any atom is -0.494 e. The molecule has 0 fully saturated rings. The summed E-state index contributed by atoms with van der Waals surface area (Å²) in [7, 11) is 0. The number of carbonyl (C=O) groups is 1. The topological polar surface area (TPSA) is 108 Å². The smallest absolute Gasteiger partial charge is 0.335 e. The second kappa shape index (κ2) is 7.90. The minimum absolute atomic E-state index is 0.0945. The summed E-state index contributed by atoms with van der Waals surface area (Å²) in [6.07, 6.45) is 1.21. The third-order valence-corrected chi connectivity index (χ3v) is 5.13. The van der Waals surface area contributed by atoms with Crippen LogP contribution < -0.4 is 16.3 Å². The first kappa shape index (κ1) is 20.6. The number of benzene rings is 2. The SMILES string of the molecule is CC1=NN(c2ccc(Cl)cc2)C(=O)C1=Cc1c(O)n(-c2ccc(Cl)cc2)c(=O)[nH]c1=O. The average Bonchev–Trinajstić information content (AvgIpc) is 3.01. The third kappa shape index (κ3) is 3.78. The first-order valence-electron chi connectivity index (χ1n) is 8.98. The molecule has 0 aliphatic carbocycles. The first-order valence-corrected chi connectivity index (χ1v) is 9.73. The van der Waals surface area contributed by atoms with Crippen LogP contribution in [-0.4, -0.2) is 26.3 Å². The molecule has 1 aliphatic heterocycles. The molecule has 2 N–H and O–H groups in total. The number of carbonyl (C=O) groups excluding carboxylic acids is 1. The van der Waals surface area contributed by atoms with Gasteiger partial charge >= 0.3 is 5.69 Å². The Kier molecular flexibility index (Phi) is 5.26. The summed E-state index contributed by atoms with van der Waals surface area (Å²) in [4.78, 5) is 39.8. The predicted octanol–water partition coefficient (Wildman–Crippen LogP) is 3.34. The van der Waals surface area contributed by atoms with Gasteiger partial charge in [0.1, 0.15) is 5.56 Å². The van der Waals surface area contributed by atoms with Crippen LogP contribution in [0.5, 0.6) is 5.88 Å². The van der Waals surface area contributed by atoms with Gasteiger partial charge in [-0.25, -0.2) is 9.36 Å². The van der Waals surface area contributed by atoms with Gasteiger partial charge in [0.15, 0.2) is 0 Å². The predicted molar refractivity (Wildman–Crippen MR) is 119 cm³/mol. The second-order valence-corrected chi connectivity index (χ2v) is 7.52. The molecule has 0 unspecified atom stereocenters. The normalized spacial score (nSPS) is 14.9. The van der Waals surface area contributed by atoms with Crippen LogP contribution in [0.4, 0.5) is 5.69 Å². The fourth-order valence-electron chi connectivity index (χ4n) is 3.08. The lowest BCUT2D eigenvalue weighted by Gasteiger charge is -2.12. The molecule has 0 bridgehead atoms. The number of H-pyrrole nitrogens is 1. The number of amides is 1. The maximum absolute atomic E-state index is 12.9. The molecule has 4 rings (SSSR count). The Bertz CT molecular complexity index is 1370. The van der Waals surface area contributed by atoms with Crippen molar-refractivity contribution >= 4 is 46.6 Å². The van der Waals surface area contributed by atoms with Gasteiger partial charge < -0.3 is 5.11 Å². The molecule has 8 nitrogen and oxygen atoms in total. The van der Waals surface area contributed by atoms with Crippen molar-refractivity contribution in [2.45, 2.75) is 6.92 Å². The van der Waals surface area contributed by atoms with E-state index in [-0.39, 0.29) is 16.8 Å². The maximum Gasteiger partial charge on any atom is 0.335 e. The summed E-state index contributed by atoms with van der Waals surface area (Å²) in [5.74, 6) is -1.11. The van der Waals surface area contributed by atoms with Crippen molar-refractivity contribution in [2.75, 3.05) is 5.01 Å². The van der Waals surface area contributed by atoms with E-state index in [1.54, 1.807) is 31.2 Å². The van der Waals surface area contributed by atoms with Crippen molar-refractivity contribution in [3.8, 4) is 11.6 Å². The van der Waals surface area contributed by atoms with Crippen molar-refractivity contribution in [3.63, 3.8) is 0 Å². The van der Waals surface area contributed by atoms with Crippen molar-refractivity contribution < 1.29 is 9.90 Å². The average molecular weight is 457 g/mol. The molecule has 1 aliphatic rings. The van der Waals surface area contributed by atoms with Crippen LogP contribution >= 0.6 is 23.2 Å². The highest BCUT2D eigenvalue weighted by Crippen LogP contribution is 2.27. The van der Waals surface area contributed by atoms with E-state index in [2.05, 4.69) is 10.1 Å². The van der Waals surface area contributed by atoms with Gasteiger partial charge in [-0.1, -0.05) is 23.2 Å². The number of hydrogen-bond donors (Lipinski definition) is 2. The molecule has 0 saturated heterocycles. The Balaban J connectivity index is 1.81. The summed E-state index contributed by atoms with van der Waals surface area (Å²) < 4.78 is 0.910. The molecule has 31 heavy (non-hydrogen) atoms. The van der Waals surface area contributed by atoms with Gasteiger partial charge in [0.2, 0.25) is 5.88 Å². The highest BCUT2D eigenvalue weighted by Gasteiger charge is 2.29. The number of halogens is 2. The quantitative estimate of drug-likeness (QED) is 0.589. The minimum atomic E-state index is -0.842. The molecule has 0 saturated carbocycles. The lowest BCUT2D eigenvalue weighted by molar-refractivity contribution is -0.114. The lowest BCUT2D eigenvalue weighted by Crippen LogP contribution is -2.30. The van der Waals surface area contributed by atoms with E-state index in [0.717, 1.165) is 9.58 Å². The summed E-state index contributed by atoms with van der Waals surface area (Å²) in [5, 5.41) is 17.0. The molecule has 0 atom stereocenters. The summed E-state index contributed by atoms with van der Waals surface area (Å²) >= 11 is 11.8. The van der Waals surface area contributed by atoms with E-state index in [1.165, 1.54) is 30.3 Å². The lowest BCUT2D eigenvalue weighted by atomic mass is 10.1. The molecule has 0 spiro atoms. The molecule has 10 heteroatoms. The van der Waals surface area contributed by atoms with Crippen LogP contribution in [-0.2, 0) is 4.79 Å². The summed E-state index contributed by atoms with van der Waals surface area (Å²) in [5.41, 5.74) is -0.732. The number of aromatic hydroxyl groups is 1. The zero-order chi connectivity index (χ0) is 22.3. The highest BCUT2D eigenvalue weighted by atomic mass is 35.5. The number of anilines is 1. The fraction of sp³-hybridized carbons (Fsp3) is 0.0476. The summed E-state index contributed by atoms with van der Waals surface area (Å²) in [6.45, 7) is 1.60. The van der Waals surface area contributed by atoms with E-state index < -0.39 is 23.0 Å². The number of nitrogens with zero attached hydrogens (tertiary/aromatic N) is 3. The van der Waals surface area contributed by atoms with E-state index >= 15 is 0 Å². The van der Waals surface area contributed by atoms with Crippen molar-refractivity contribution in [3.05, 3.63) is 90.6 Å². The van der Waals surface area contributed by atoms with E-state index in [0.29, 0.717) is 21.4 Å². The van der Waals surface area contributed by atoms with Gasteiger partial charge in [-0.3, -0.25) is 14.6 Å². The van der Waals surface area contributed by atoms with Crippen molar-refractivity contribution in [1.29, 1.82) is 0 Å². The number of aromatic amines is 1. The van der Waals surface area contributed by atoms with Gasteiger partial charge in [0.25, 0.3) is 11.5 Å². The largest absolute Gasteiger partial charge is 0.494 e. The van der Waals surface area contributed by atoms with Gasteiger partial charge in [-0.05, 0) is 61.5 Å². The van der Waals surface area contributed by atoms with Gasteiger partial charge in [-0.2, -0.15) is 10.1 Å². The molecule has 2 heterocycles. The second-order valence-electron chi connectivity index (χ2n) is 6.65. The van der Waals surface area contributed by atoms with Crippen LogP contribution in [0.25, 0.3) is 11.8 Å². The summed E-state index contributed by atoms with van der Waals surface area (Å²) in [6, 6.07) is 12.6. The van der Waals surface area contributed by atoms with Crippen LogP contribution in [0.15, 0.2) is 68.8 Å². The van der Waals surface area contributed by atoms with Crippen LogP contribution in [0.3, 0.4) is 0 Å². The molecular weight excluding hydrogens is 443 g/mol. The zero-order valence-electron chi connectivity index (χ0n) is 16.0. The molecule has 0 radical (unpaired) electrons. The zero-order valence-corrected chi connectivity index (χ0v) is 17.5. The van der Waals surface area contributed by atoms with E-state index in [9.17, 15) is 19.5 Å². The number of rotatable bonds is 3. The fourth-order valence-corrected chi connectivity index (χ4v) is 3.34. The van der Waals surface area contributed by atoms with Crippen LogP contribution in [0.2, 0.25) is 10.0 Å². The monoisotopic (exact) mass is 456 g/mol. The Labute approximate surface area is 185 Å². The first-order chi connectivity index (χ1) is 14.8. The standard InChI is InChI=1S/C21H14Cl2N4O4/c1-11-16(20(30)27(25-11)15-8-4-13(23)5-9-15)10-17-18(28)24-21(31)26(19(17)29)14-6-2-12(22)3-7-14/h2-10,29H,1H3,(H,24,28,31). The molecule has 3 aromatic rings. The molecular formula is C21H14Cl2N4O4. The van der Waals surface area contributed by atoms with Crippen molar-refractivity contribution in [2.24, 2.45) is 5.10 Å². The van der Waals surface area contributed by atoms with Gasteiger partial charge in [0.05, 0.1) is 22.7 Å². The number of hydrogen-bond acceptors (Lipinski definition) is 5. The van der Waals surface area contributed by atoms with Gasteiger partial charge in [-0.15, -0.1) is 0 Å². The maximum atomic E-state index is 12.9. The molecule has 1 aromatic heterocycles.